The van der Waals surface area contributed by atoms with Crippen LogP contribution in [-0.4, -0.2) is 5.88 Å². The number of nitriles is 1. The van der Waals surface area contributed by atoms with E-state index in [1.54, 1.807) is 6.07 Å². The minimum atomic E-state index is 0.827. The van der Waals surface area contributed by atoms with Crippen LogP contribution in [0, 0.1) is 11.3 Å². The van der Waals surface area contributed by atoms with E-state index in [1.165, 1.54) is 25.3 Å². The number of halogens is 1. The van der Waals surface area contributed by atoms with Crippen LogP contribution in [0.1, 0.15) is 26.2 Å². The van der Waals surface area contributed by atoms with Crippen molar-refractivity contribution in [1.29, 1.82) is 5.26 Å². The zero-order valence-corrected chi connectivity index (χ0v) is 7.19. The molecule has 10 heavy (non-hydrogen) atoms. The molecule has 0 fully saturated rings. The minimum absolute atomic E-state index is 0.827. The van der Waals surface area contributed by atoms with Crippen molar-refractivity contribution in [2.45, 2.75) is 26.2 Å². The molecule has 0 aromatic heterocycles. The molecule has 0 unspecified atom stereocenters. The van der Waals surface area contributed by atoms with Gasteiger partial charge in [0.2, 0.25) is 0 Å². The number of hydrogen-bond acceptors (Lipinski definition) is 1. The summed E-state index contributed by atoms with van der Waals surface area (Å²) in [5.41, 5.74) is 0. The molecule has 2 heteroatoms. The van der Waals surface area contributed by atoms with Gasteiger partial charge in [-0.2, -0.15) is 5.26 Å². The molecule has 0 aliphatic rings. The van der Waals surface area contributed by atoms with Gasteiger partial charge in [0.05, 0.1) is 6.07 Å². The molecule has 0 radical (unpaired) electrons. The van der Waals surface area contributed by atoms with Gasteiger partial charge < -0.3 is 0 Å². The summed E-state index contributed by atoms with van der Waals surface area (Å²) in [5.74, 6) is 0.827. The number of allylic oxidation sites excluding steroid dienone is 1. The van der Waals surface area contributed by atoms with Gasteiger partial charge in [-0.25, -0.2) is 0 Å². The van der Waals surface area contributed by atoms with Crippen molar-refractivity contribution in [2.24, 2.45) is 0 Å². The average Bonchev–Trinajstić information content (AvgIpc) is 2.01. The maximum atomic E-state index is 7.51. The van der Waals surface area contributed by atoms with Crippen LogP contribution < -0.4 is 0 Å². The minimum Gasteiger partial charge on any atom is -0.193 e. The van der Waals surface area contributed by atoms with Crippen molar-refractivity contribution in [3.05, 3.63) is 12.7 Å². The summed E-state index contributed by atoms with van der Waals surface area (Å²) in [6, 6.07) is 1.69. The maximum Gasteiger partial charge on any atom is 0.0905 e. The number of unbranched alkanes of at least 4 members (excludes halogenated alkanes) is 2. The van der Waals surface area contributed by atoms with E-state index >= 15 is 0 Å². The zero-order valence-electron chi connectivity index (χ0n) is 6.44. The highest BCUT2D eigenvalue weighted by molar-refractivity contribution is 6.17. The van der Waals surface area contributed by atoms with E-state index in [9.17, 15) is 0 Å². The number of alkyl halides is 1. The second-order valence-corrected chi connectivity index (χ2v) is 2.11. The number of nitrogens with zero attached hydrogens (tertiary/aromatic N) is 1. The smallest absolute Gasteiger partial charge is 0.0905 e. The Bertz CT molecular complexity index is 89.9. The fraction of sp³-hybridized carbons (Fsp3) is 0.625. The lowest BCUT2D eigenvalue weighted by Crippen LogP contribution is -1.70. The molecule has 0 atom stereocenters. The van der Waals surface area contributed by atoms with Crippen LogP contribution >= 0.6 is 11.6 Å². The Morgan fingerprint density at radius 2 is 2.10 bits per heavy atom. The van der Waals surface area contributed by atoms with Gasteiger partial charge in [-0.15, -0.1) is 11.6 Å². The molecule has 0 bridgehead atoms. The van der Waals surface area contributed by atoms with Crippen molar-refractivity contribution in [3.8, 4) is 6.07 Å². The quantitative estimate of drug-likeness (QED) is 0.353. The van der Waals surface area contributed by atoms with Crippen molar-refractivity contribution in [3.63, 3.8) is 0 Å². The maximum absolute atomic E-state index is 7.51. The van der Waals surface area contributed by atoms with E-state index < -0.39 is 0 Å². The zero-order chi connectivity index (χ0) is 8.24. The van der Waals surface area contributed by atoms with Crippen molar-refractivity contribution in [1.82, 2.24) is 0 Å². The molecule has 0 spiro atoms. The SMILES string of the molecule is C=CC#N.CCCCCCl. The van der Waals surface area contributed by atoms with E-state index in [-0.39, 0.29) is 0 Å². The standard InChI is InChI=1S/C5H11Cl.C3H3N/c1-2-3-4-5-6;1-2-3-4/h2-5H2,1H3;2H,1H2. The number of rotatable bonds is 3. The largest absolute Gasteiger partial charge is 0.193 e. The molecule has 1 nitrogen and oxygen atoms in total. The fourth-order valence-electron chi connectivity index (χ4n) is 0.344. The highest BCUT2D eigenvalue weighted by Gasteiger charge is 1.76. The second-order valence-electron chi connectivity index (χ2n) is 1.73. The Balaban J connectivity index is 0. The molecule has 0 saturated heterocycles. The average molecular weight is 160 g/mol. The summed E-state index contributed by atoms with van der Waals surface area (Å²) in [6.45, 7) is 5.29. The monoisotopic (exact) mass is 159 g/mol. The second kappa shape index (κ2) is 15.8. The molecule has 0 amide bonds. The van der Waals surface area contributed by atoms with Crippen LogP contribution in [0.15, 0.2) is 12.7 Å². The Morgan fingerprint density at radius 3 is 2.20 bits per heavy atom. The van der Waals surface area contributed by atoms with E-state index in [0.29, 0.717) is 0 Å². The number of hydrogen-bond donors (Lipinski definition) is 0. The first-order valence-corrected chi connectivity index (χ1v) is 3.93. The first kappa shape index (κ1) is 12.2. The Kier molecular flexibility index (Phi) is 19.3. The van der Waals surface area contributed by atoms with E-state index in [4.69, 9.17) is 16.9 Å². The van der Waals surface area contributed by atoms with Crippen LogP contribution in [0.5, 0.6) is 0 Å². The fourth-order valence-corrected chi connectivity index (χ4v) is 0.533. The Labute approximate surface area is 68.3 Å². The summed E-state index contributed by atoms with van der Waals surface area (Å²) in [4.78, 5) is 0. The lowest BCUT2D eigenvalue weighted by atomic mass is 10.3. The van der Waals surface area contributed by atoms with Gasteiger partial charge in [0.1, 0.15) is 0 Å². The first-order valence-electron chi connectivity index (χ1n) is 3.39. The van der Waals surface area contributed by atoms with E-state index in [0.717, 1.165) is 5.88 Å². The highest BCUT2D eigenvalue weighted by Crippen LogP contribution is 1.93. The molecule has 0 saturated carbocycles. The van der Waals surface area contributed by atoms with Crippen LogP contribution in [0.25, 0.3) is 0 Å². The predicted octanol–water partition coefficient (Wildman–Crippen LogP) is 3.11. The normalized spacial score (nSPS) is 6.90. The highest BCUT2D eigenvalue weighted by atomic mass is 35.5. The first-order chi connectivity index (χ1) is 4.83. The molecule has 0 aromatic carbocycles. The van der Waals surface area contributed by atoms with Gasteiger partial charge in [-0.3, -0.25) is 0 Å². The summed E-state index contributed by atoms with van der Waals surface area (Å²) in [5, 5.41) is 7.51. The van der Waals surface area contributed by atoms with Crippen LogP contribution in [-0.2, 0) is 0 Å². The Morgan fingerprint density at radius 1 is 1.60 bits per heavy atom. The van der Waals surface area contributed by atoms with Crippen LogP contribution in [0.2, 0.25) is 0 Å². The molecule has 0 N–H and O–H groups in total. The van der Waals surface area contributed by atoms with Gasteiger partial charge in [0.15, 0.2) is 0 Å². The molecule has 0 heterocycles. The molecular formula is C8H14ClN. The van der Waals surface area contributed by atoms with Crippen molar-refractivity contribution in [2.75, 3.05) is 5.88 Å². The lowest BCUT2D eigenvalue weighted by Gasteiger charge is -1.84. The van der Waals surface area contributed by atoms with Gasteiger partial charge in [0, 0.05) is 12.0 Å². The molecule has 0 aliphatic heterocycles. The molecule has 0 rings (SSSR count). The summed E-state index contributed by atoms with van der Waals surface area (Å²) in [6.07, 6.45) is 4.91. The van der Waals surface area contributed by atoms with Crippen molar-refractivity contribution < 1.29 is 0 Å². The molecule has 0 aliphatic carbocycles. The summed E-state index contributed by atoms with van der Waals surface area (Å²) < 4.78 is 0. The van der Waals surface area contributed by atoms with Gasteiger partial charge in [-0.1, -0.05) is 26.3 Å². The predicted molar refractivity (Wildman–Crippen MR) is 46.1 cm³/mol. The third-order valence-corrected chi connectivity index (χ3v) is 1.10. The Hall–Kier alpha value is -0.480. The van der Waals surface area contributed by atoms with E-state index in [1.807, 2.05) is 0 Å². The van der Waals surface area contributed by atoms with Gasteiger partial charge in [0.25, 0.3) is 0 Å². The van der Waals surface area contributed by atoms with Crippen molar-refractivity contribution >= 4 is 11.6 Å². The van der Waals surface area contributed by atoms with Crippen LogP contribution in [0.4, 0.5) is 0 Å². The third kappa shape index (κ3) is 25.8. The lowest BCUT2D eigenvalue weighted by molar-refractivity contribution is 0.776. The summed E-state index contributed by atoms with van der Waals surface area (Å²) in [7, 11) is 0. The molecule has 0 aromatic rings. The summed E-state index contributed by atoms with van der Waals surface area (Å²) >= 11 is 5.38. The topological polar surface area (TPSA) is 23.8 Å². The van der Waals surface area contributed by atoms with Gasteiger partial charge >= 0.3 is 0 Å². The van der Waals surface area contributed by atoms with Gasteiger partial charge in [-0.05, 0) is 6.42 Å². The van der Waals surface area contributed by atoms with Crippen LogP contribution in [0.3, 0.4) is 0 Å². The molecular weight excluding hydrogens is 146 g/mol. The third-order valence-electron chi connectivity index (χ3n) is 0.828. The van der Waals surface area contributed by atoms with E-state index in [2.05, 4.69) is 13.5 Å². The molecule has 58 valence electrons.